The number of hydrogen-bond donors (Lipinski definition) is 3. The summed E-state index contributed by atoms with van der Waals surface area (Å²) in [5.41, 5.74) is 7.79. The van der Waals surface area contributed by atoms with Gasteiger partial charge in [0.2, 0.25) is 0 Å². The molecule has 2 aromatic rings. The first-order chi connectivity index (χ1) is 10.2. The van der Waals surface area contributed by atoms with Gasteiger partial charge in [-0.1, -0.05) is 41.6 Å². The van der Waals surface area contributed by atoms with Crippen LogP contribution < -0.4 is 11.1 Å². The molecule has 0 bridgehead atoms. The van der Waals surface area contributed by atoms with Crippen LogP contribution in [0.4, 0.5) is 0 Å². The SMILES string of the molecule is C[C@H](NCC(/C(N)=N/O)c1ccccc1)c1ccccn1. The molecule has 1 aromatic carbocycles. The number of oxime groups is 1. The van der Waals surface area contributed by atoms with Gasteiger partial charge < -0.3 is 16.3 Å². The number of hydrogen-bond acceptors (Lipinski definition) is 4. The van der Waals surface area contributed by atoms with Gasteiger partial charge in [0.05, 0.1) is 11.6 Å². The first-order valence-corrected chi connectivity index (χ1v) is 6.89. The fraction of sp³-hybridized carbons (Fsp3) is 0.250. The van der Waals surface area contributed by atoms with Gasteiger partial charge in [0.25, 0.3) is 0 Å². The molecule has 5 heteroatoms. The molecule has 0 spiro atoms. The van der Waals surface area contributed by atoms with Crippen molar-refractivity contribution in [2.24, 2.45) is 10.9 Å². The van der Waals surface area contributed by atoms with Crippen molar-refractivity contribution in [2.45, 2.75) is 18.9 Å². The molecule has 110 valence electrons. The van der Waals surface area contributed by atoms with Crippen molar-refractivity contribution >= 4 is 5.84 Å². The summed E-state index contributed by atoms with van der Waals surface area (Å²) in [5, 5.41) is 15.5. The summed E-state index contributed by atoms with van der Waals surface area (Å²) in [5.74, 6) is 0.0179. The molecule has 1 heterocycles. The molecule has 5 nitrogen and oxygen atoms in total. The average Bonchev–Trinajstić information content (AvgIpc) is 2.56. The van der Waals surface area contributed by atoms with E-state index < -0.39 is 0 Å². The van der Waals surface area contributed by atoms with E-state index in [1.807, 2.05) is 55.5 Å². The summed E-state index contributed by atoms with van der Waals surface area (Å²) in [4.78, 5) is 4.32. The first kappa shape index (κ1) is 15.0. The van der Waals surface area contributed by atoms with E-state index in [9.17, 15) is 0 Å². The fourth-order valence-electron chi connectivity index (χ4n) is 2.18. The lowest BCUT2D eigenvalue weighted by Crippen LogP contribution is -2.33. The van der Waals surface area contributed by atoms with E-state index in [-0.39, 0.29) is 17.8 Å². The van der Waals surface area contributed by atoms with Gasteiger partial charge in [0.1, 0.15) is 5.84 Å². The topological polar surface area (TPSA) is 83.5 Å². The third-order valence-electron chi connectivity index (χ3n) is 3.43. The zero-order valence-corrected chi connectivity index (χ0v) is 12.0. The molecule has 0 aliphatic carbocycles. The highest BCUT2D eigenvalue weighted by Crippen LogP contribution is 2.17. The van der Waals surface area contributed by atoms with E-state index in [0.29, 0.717) is 6.54 Å². The lowest BCUT2D eigenvalue weighted by molar-refractivity contribution is 0.315. The molecule has 0 saturated carbocycles. The van der Waals surface area contributed by atoms with Gasteiger partial charge in [0.15, 0.2) is 0 Å². The van der Waals surface area contributed by atoms with E-state index in [1.54, 1.807) is 6.20 Å². The smallest absolute Gasteiger partial charge is 0.147 e. The minimum Gasteiger partial charge on any atom is -0.409 e. The Hall–Kier alpha value is -2.40. The maximum absolute atomic E-state index is 8.97. The van der Waals surface area contributed by atoms with Crippen molar-refractivity contribution in [2.75, 3.05) is 6.54 Å². The Balaban J connectivity index is 2.07. The lowest BCUT2D eigenvalue weighted by Gasteiger charge is -2.20. The quantitative estimate of drug-likeness (QED) is 0.329. The average molecular weight is 284 g/mol. The number of nitrogens with one attached hydrogen (secondary N) is 1. The monoisotopic (exact) mass is 284 g/mol. The van der Waals surface area contributed by atoms with Gasteiger partial charge in [-0.15, -0.1) is 0 Å². The molecule has 0 amide bonds. The van der Waals surface area contributed by atoms with E-state index in [0.717, 1.165) is 11.3 Å². The largest absolute Gasteiger partial charge is 0.409 e. The van der Waals surface area contributed by atoms with Crippen LogP contribution in [0.1, 0.15) is 30.1 Å². The number of pyridine rings is 1. The van der Waals surface area contributed by atoms with Crippen molar-refractivity contribution in [1.82, 2.24) is 10.3 Å². The molecule has 21 heavy (non-hydrogen) atoms. The predicted molar refractivity (Wildman–Crippen MR) is 83.2 cm³/mol. The molecule has 0 fully saturated rings. The second-order valence-corrected chi connectivity index (χ2v) is 4.87. The van der Waals surface area contributed by atoms with Crippen LogP contribution in [-0.2, 0) is 0 Å². The molecule has 2 atom stereocenters. The number of aromatic nitrogens is 1. The van der Waals surface area contributed by atoms with E-state index in [2.05, 4.69) is 15.5 Å². The molecular formula is C16H20N4O. The molecule has 2 rings (SSSR count). The Bertz CT molecular complexity index is 571. The molecule has 1 aromatic heterocycles. The van der Waals surface area contributed by atoms with Crippen LogP contribution in [0, 0.1) is 0 Å². The third-order valence-corrected chi connectivity index (χ3v) is 3.43. The highest BCUT2D eigenvalue weighted by Gasteiger charge is 2.18. The van der Waals surface area contributed by atoms with Gasteiger partial charge in [-0.25, -0.2) is 0 Å². The minimum absolute atomic E-state index is 0.0869. The summed E-state index contributed by atoms with van der Waals surface area (Å²) in [6.45, 7) is 2.61. The van der Waals surface area contributed by atoms with Crippen LogP contribution in [-0.4, -0.2) is 22.6 Å². The Morgan fingerprint density at radius 2 is 1.95 bits per heavy atom. The summed E-state index contributed by atoms with van der Waals surface area (Å²) in [7, 11) is 0. The summed E-state index contributed by atoms with van der Waals surface area (Å²) >= 11 is 0. The number of nitrogens with two attached hydrogens (primary N) is 1. The summed E-state index contributed by atoms with van der Waals surface area (Å²) in [6, 6.07) is 15.7. The van der Waals surface area contributed by atoms with Gasteiger partial charge >= 0.3 is 0 Å². The zero-order chi connectivity index (χ0) is 15.1. The maximum Gasteiger partial charge on any atom is 0.147 e. The molecule has 0 aliphatic rings. The minimum atomic E-state index is -0.178. The van der Waals surface area contributed by atoms with Gasteiger partial charge in [-0.3, -0.25) is 4.98 Å². The molecule has 1 unspecified atom stereocenters. The predicted octanol–water partition coefficient (Wildman–Crippen LogP) is 2.26. The van der Waals surface area contributed by atoms with Crippen LogP contribution in [0.25, 0.3) is 0 Å². The van der Waals surface area contributed by atoms with Gasteiger partial charge in [-0.2, -0.15) is 0 Å². The van der Waals surface area contributed by atoms with Crippen LogP contribution in [0.3, 0.4) is 0 Å². The first-order valence-electron chi connectivity index (χ1n) is 6.89. The van der Waals surface area contributed by atoms with Gasteiger partial charge in [-0.05, 0) is 24.6 Å². The Morgan fingerprint density at radius 3 is 2.57 bits per heavy atom. The molecule has 0 radical (unpaired) electrons. The van der Waals surface area contributed by atoms with Crippen molar-refractivity contribution in [3.05, 3.63) is 66.0 Å². The zero-order valence-electron chi connectivity index (χ0n) is 12.0. The summed E-state index contributed by atoms with van der Waals surface area (Å²) < 4.78 is 0. The maximum atomic E-state index is 8.97. The van der Waals surface area contributed by atoms with Crippen molar-refractivity contribution in [3.8, 4) is 0 Å². The fourth-order valence-corrected chi connectivity index (χ4v) is 2.18. The van der Waals surface area contributed by atoms with Gasteiger partial charge in [0, 0.05) is 18.8 Å². The lowest BCUT2D eigenvalue weighted by atomic mass is 9.97. The molecule has 0 saturated heterocycles. The Morgan fingerprint density at radius 1 is 1.24 bits per heavy atom. The second-order valence-electron chi connectivity index (χ2n) is 4.87. The Labute approximate surface area is 124 Å². The van der Waals surface area contributed by atoms with E-state index in [1.165, 1.54) is 0 Å². The van der Waals surface area contributed by atoms with Crippen LogP contribution in [0.2, 0.25) is 0 Å². The van der Waals surface area contributed by atoms with Crippen LogP contribution in [0.15, 0.2) is 59.9 Å². The normalized spacial score (nSPS) is 14.6. The number of amidine groups is 1. The number of nitrogens with zero attached hydrogens (tertiary/aromatic N) is 2. The number of benzene rings is 1. The second kappa shape index (κ2) is 7.40. The number of rotatable bonds is 6. The summed E-state index contributed by atoms with van der Waals surface area (Å²) in [6.07, 6.45) is 1.77. The van der Waals surface area contributed by atoms with Crippen molar-refractivity contribution < 1.29 is 5.21 Å². The highest BCUT2D eigenvalue weighted by molar-refractivity contribution is 5.87. The highest BCUT2D eigenvalue weighted by atomic mass is 16.4. The van der Waals surface area contributed by atoms with E-state index >= 15 is 0 Å². The van der Waals surface area contributed by atoms with Crippen molar-refractivity contribution in [3.63, 3.8) is 0 Å². The van der Waals surface area contributed by atoms with Crippen molar-refractivity contribution in [1.29, 1.82) is 0 Å². The third kappa shape index (κ3) is 4.03. The van der Waals surface area contributed by atoms with E-state index in [4.69, 9.17) is 10.9 Å². The molecule has 4 N–H and O–H groups in total. The van der Waals surface area contributed by atoms with Crippen LogP contribution >= 0.6 is 0 Å². The molecule has 0 aliphatic heterocycles. The molecular weight excluding hydrogens is 264 g/mol. The van der Waals surface area contributed by atoms with Crippen LogP contribution in [0.5, 0.6) is 0 Å². The Kier molecular flexibility index (Phi) is 5.29. The standard InChI is InChI=1S/C16H20N4O/c1-12(15-9-5-6-10-18-15)19-11-14(16(17)20-21)13-7-3-2-4-8-13/h2-10,12,14,19,21H,11H2,1H3,(H2,17,20)/t12-,14?/m0/s1.